The molecular formula is C69H95NO21. The number of benzene rings is 3. The van der Waals surface area contributed by atoms with Crippen molar-refractivity contribution in [2.24, 2.45) is 0 Å². The lowest BCUT2D eigenvalue weighted by Gasteiger charge is -2.49. The molecule has 0 bridgehead atoms. The van der Waals surface area contributed by atoms with E-state index in [1.54, 1.807) is 54.6 Å². The summed E-state index contributed by atoms with van der Waals surface area (Å²) < 4.78 is 72.7. The Morgan fingerprint density at radius 1 is 0.527 bits per heavy atom. The number of carbonyl (C=O) groups excluding carboxylic acids is 9. The number of hydrogen-bond donors (Lipinski definition) is 1. The molecule has 2 aliphatic heterocycles. The van der Waals surface area contributed by atoms with E-state index in [-0.39, 0.29) is 23.3 Å². The lowest BCUT2D eigenvalue weighted by molar-refractivity contribution is -0.338. The van der Waals surface area contributed by atoms with Crippen LogP contribution in [0.5, 0.6) is 0 Å². The smallest absolute Gasteiger partial charge is 0.366 e. The predicted octanol–water partition coefficient (Wildman–Crippen LogP) is 10.8. The van der Waals surface area contributed by atoms with Gasteiger partial charge in [-0.2, -0.15) is 0 Å². The van der Waals surface area contributed by atoms with Crippen molar-refractivity contribution in [1.29, 1.82) is 0 Å². The molecule has 11 atom stereocenters. The Morgan fingerprint density at radius 3 is 1.38 bits per heavy atom. The highest BCUT2D eigenvalue weighted by Crippen LogP contribution is 2.39. The van der Waals surface area contributed by atoms with Gasteiger partial charge in [0.1, 0.15) is 24.9 Å². The van der Waals surface area contributed by atoms with Crippen molar-refractivity contribution < 1.29 is 100.0 Å². The van der Waals surface area contributed by atoms with Gasteiger partial charge in [0.05, 0.1) is 42.9 Å². The summed E-state index contributed by atoms with van der Waals surface area (Å²) in [5, 5.41) is 2.62. The molecule has 0 aliphatic carbocycles. The van der Waals surface area contributed by atoms with E-state index in [2.05, 4.69) is 12.2 Å². The van der Waals surface area contributed by atoms with Crippen molar-refractivity contribution in [2.45, 2.75) is 243 Å². The van der Waals surface area contributed by atoms with Gasteiger partial charge in [-0.3, -0.25) is 24.0 Å². The number of amides is 1. The van der Waals surface area contributed by atoms with Gasteiger partial charge >= 0.3 is 47.8 Å². The van der Waals surface area contributed by atoms with Crippen molar-refractivity contribution >= 4 is 53.7 Å². The molecule has 3 aromatic rings. The molecule has 5 rings (SSSR count). The van der Waals surface area contributed by atoms with Crippen molar-refractivity contribution in [3.8, 4) is 0 Å². The Balaban J connectivity index is 1.48. The van der Waals surface area contributed by atoms with Gasteiger partial charge in [-0.15, -0.1) is 0 Å². The Kier molecular flexibility index (Phi) is 33.2. The fraction of sp³-hybridized carbons (Fsp3) is 0.609. The van der Waals surface area contributed by atoms with Crippen LogP contribution in [0.25, 0.3) is 0 Å². The first-order valence-electron chi connectivity index (χ1n) is 32.2. The minimum Gasteiger partial charge on any atom is -0.465 e. The molecule has 0 spiro atoms. The van der Waals surface area contributed by atoms with Crippen LogP contribution in [0.3, 0.4) is 0 Å². The molecule has 502 valence electrons. The van der Waals surface area contributed by atoms with Gasteiger partial charge in [0, 0.05) is 41.2 Å². The summed E-state index contributed by atoms with van der Waals surface area (Å²) >= 11 is 0. The third-order valence-electron chi connectivity index (χ3n) is 15.6. The molecule has 0 aromatic heterocycles. The van der Waals surface area contributed by atoms with Gasteiger partial charge in [0.15, 0.2) is 36.8 Å². The maximum absolute atomic E-state index is 14.6. The van der Waals surface area contributed by atoms with E-state index in [9.17, 15) is 43.2 Å². The SMILES string of the molecule is CCCCCCCCCCCCCCCCCCCCCCO[C@@H]1O[C@H](CO[C@]2(C(=O)OC)C[C@H](OC(C)=O)[C@@H](NC(C)=O)[C@H]([C@H](OC(C)=O)[C@@H](COC(C)=O)OC(C)=O)O2)[C@@H](OC(=O)c2ccccc2)[C@H](OC(=O)c2ccccc2)[C@H]1OC(=O)c1ccccc1. The predicted molar refractivity (Wildman–Crippen MR) is 331 cm³/mol. The molecule has 91 heavy (non-hydrogen) atoms. The molecule has 0 unspecified atom stereocenters. The second-order valence-electron chi connectivity index (χ2n) is 23.1. The number of unbranched alkanes of at least 4 members (excludes halogenated alkanes) is 19. The summed E-state index contributed by atoms with van der Waals surface area (Å²) in [6.45, 7) is 5.88. The third-order valence-corrected chi connectivity index (χ3v) is 15.6. The highest BCUT2D eigenvalue weighted by atomic mass is 16.8. The van der Waals surface area contributed by atoms with E-state index in [4.69, 9.17) is 56.8 Å². The quantitative estimate of drug-likeness (QED) is 0.0315. The van der Waals surface area contributed by atoms with Crippen LogP contribution in [0, 0.1) is 0 Å². The van der Waals surface area contributed by atoms with E-state index in [1.165, 1.54) is 126 Å². The summed E-state index contributed by atoms with van der Waals surface area (Å²) in [5.74, 6) is -11.3. The largest absolute Gasteiger partial charge is 0.465 e. The zero-order valence-electron chi connectivity index (χ0n) is 54.0. The topological polar surface area (TPSA) is 276 Å². The maximum atomic E-state index is 14.6. The molecule has 1 N–H and O–H groups in total. The molecular weight excluding hydrogens is 1180 g/mol. The van der Waals surface area contributed by atoms with E-state index < -0.39 is 140 Å². The van der Waals surface area contributed by atoms with Gasteiger partial charge in [0.25, 0.3) is 5.79 Å². The number of rotatable bonds is 40. The van der Waals surface area contributed by atoms with Gasteiger partial charge in [-0.05, 0) is 42.8 Å². The number of esters is 8. The molecule has 1 amide bonds. The molecule has 0 saturated carbocycles. The van der Waals surface area contributed by atoms with Crippen LogP contribution in [0.4, 0.5) is 0 Å². The van der Waals surface area contributed by atoms with Crippen molar-refractivity contribution in [3.63, 3.8) is 0 Å². The number of methoxy groups -OCH3 is 1. The normalized spacial score (nSPS) is 21.8. The van der Waals surface area contributed by atoms with Crippen LogP contribution in [0.1, 0.15) is 207 Å². The first-order valence-corrected chi connectivity index (χ1v) is 32.2. The Morgan fingerprint density at radius 2 is 0.967 bits per heavy atom. The fourth-order valence-corrected chi connectivity index (χ4v) is 11.2. The van der Waals surface area contributed by atoms with Crippen LogP contribution in [0.15, 0.2) is 91.0 Å². The summed E-state index contributed by atoms with van der Waals surface area (Å²) in [6, 6.07) is 22.1. The molecule has 22 nitrogen and oxygen atoms in total. The molecule has 2 fully saturated rings. The van der Waals surface area contributed by atoms with Gasteiger partial charge in [-0.1, -0.05) is 184 Å². The molecule has 0 radical (unpaired) electrons. The molecule has 2 saturated heterocycles. The third kappa shape index (κ3) is 25.7. The number of carbonyl (C=O) groups is 9. The minimum atomic E-state index is -2.79. The zero-order chi connectivity index (χ0) is 66.0. The zero-order valence-corrected chi connectivity index (χ0v) is 54.0. The highest BCUT2D eigenvalue weighted by molar-refractivity contribution is 5.91. The summed E-state index contributed by atoms with van der Waals surface area (Å²) in [7, 11) is 0.982. The van der Waals surface area contributed by atoms with Crippen molar-refractivity contribution in [1.82, 2.24) is 5.32 Å². The van der Waals surface area contributed by atoms with Crippen LogP contribution < -0.4 is 5.32 Å². The van der Waals surface area contributed by atoms with Gasteiger partial charge < -0.3 is 62.2 Å². The average Bonchev–Trinajstić information content (AvgIpc) is 0.919. The van der Waals surface area contributed by atoms with Crippen molar-refractivity contribution in [3.05, 3.63) is 108 Å². The Bertz CT molecular complexity index is 2710. The average molecular weight is 1270 g/mol. The first kappa shape index (κ1) is 74.5. The van der Waals surface area contributed by atoms with Crippen LogP contribution in [0.2, 0.25) is 0 Å². The van der Waals surface area contributed by atoms with Crippen molar-refractivity contribution in [2.75, 3.05) is 26.9 Å². The summed E-state index contributed by atoms with van der Waals surface area (Å²) in [6.07, 6.45) is 7.28. The second kappa shape index (κ2) is 40.6. The first-order chi connectivity index (χ1) is 43.9. The standard InChI is InChI=1S/C69H95NO21/c1-8-9-10-11-12-13-14-15-16-17-18-19-20-21-22-23-24-25-26-36-43-81-67-63(90-66(78)54-41-34-29-35-42-54)62(89-65(77)53-39-32-28-33-40-53)60(88-64(76)52-37-30-27-31-38-52)57(87-67)46-83-69(68(79)80-7)44-55(84-49(4)73)58(70-47(2)71)61(91-69)59(86-51(6)75)56(85-50(5)74)45-82-48(3)72/h27-35,37-42,55-63,67H,8-26,36,43-46H2,1-7H3,(H,70,71)/t55-,56+,57+,58+,59+,60+,61+,62-,63+,67+,69+/m0/s1. The Hall–Kier alpha value is -7.27. The molecule has 2 heterocycles. The summed E-state index contributed by atoms with van der Waals surface area (Å²) in [4.78, 5) is 122. The lowest BCUT2D eigenvalue weighted by atomic mass is 9.87. The molecule has 22 heteroatoms. The van der Waals surface area contributed by atoms with Crippen LogP contribution in [-0.4, -0.2) is 148 Å². The van der Waals surface area contributed by atoms with E-state index in [1.807, 2.05) is 0 Å². The van der Waals surface area contributed by atoms with Gasteiger partial charge in [0.2, 0.25) is 5.91 Å². The minimum absolute atomic E-state index is 0.0320. The number of hydrogen-bond acceptors (Lipinski definition) is 21. The van der Waals surface area contributed by atoms with E-state index in [0.29, 0.717) is 6.42 Å². The number of nitrogens with one attached hydrogen (secondary N) is 1. The lowest BCUT2D eigenvalue weighted by Crippen LogP contribution is -2.70. The van der Waals surface area contributed by atoms with Gasteiger partial charge in [-0.25, -0.2) is 19.2 Å². The monoisotopic (exact) mass is 1270 g/mol. The summed E-state index contributed by atoms with van der Waals surface area (Å²) in [5.41, 5.74) is 0.201. The Labute approximate surface area is 535 Å². The van der Waals surface area contributed by atoms with Crippen LogP contribution in [-0.2, 0) is 85.6 Å². The van der Waals surface area contributed by atoms with Crippen LogP contribution >= 0.6 is 0 Å². The second-order valence-corrected chi connectivity index (χ2v) is 23.1. The number of ether oxygens (including phenoxy) is 12. The molecule has 3 aromatic carbocycles. The fourth-order valence-electron chi connectivity index (χ4n) is 11.2. The van der Waals surface area contributed by atoms with E-state index in [0.717, 1.165) is 73.8 Å². The highest BCUT2D eigenvalue weighted by Gasteiger charge is 2.61. The molecule has 2 aliphatic rings. The maximum Gasteiger partial charge on any atom is 0.366 e. The van der Waals surface area contributed by atoms with E-state index >= 15 is 0 Å².